The molecule has 0 aliphatic carbocycles. The summed E-state index contributed by atoms with van der Waals surface area (Å²) in [5, 5.41) is 0.784. The van der Waals surface area contributed by atoms with Gasteiger partial charge in [0.1, 0.15) is 5.82 Å². The van der Waals surface area contributed by atoms with Crippen LogP contribution in [0.4, 0.5) is 4.39 Å². The van der Waals surface area contributed by atoms with E-state index in [1.807, 2.05) is 6.07 Å². The lowest BCUT2D eigenvalue weighted by molar-refractivity contribution is 0.611. The summed E-state index contributed by atoms with van der Waals surface area (Å²) >= 11 is 6.55. The molecule has 3 heteroatoms. The summed E-state index contributed by atoms with van der Waals surface area (Å²) in [5.74, 6) is -0.140. The van der Waals surface area contributed by atoms with Crippen molar-refractivity contribution in [3.63, 3.8) is 0 Å². The first-order valence-electron chi connectivity index (χ1n) is 3.24. The van der Waals surface area contributed by atoms with Crippen molar-refractivity contribution in [1.82, 2.24) is 0 Å². The summed E-state index contributed by atoms with van der Waals surface area (Å²) in [4.78, 5) is 0. The van der Waals surface area contributed by atoms with Crippen LogP contribution >= 0.6 is 31.9 Å². The Bertz CT molecular complexity index is 228. The van der Waals surface area contributed by atoms with E-state index in [0.29, 0.717) is 6.42 Å². The van der Waals surface area contributed by atoms with Gasteiger partial charge in [-0.1, -0.05) is 37.9 Å². The van der Waals surface area contributed by atoms with Crippen molar-refractivity contribution in [2.75, 3.05) is 5.33 Å². The third-order valence-corrected chi connectivity index (χ3v) is 2.55. The van der Waals surface area contributed by atoms with Crippen LogP contribution in [0.1, 0.15) is 5.56 Å². The number of alkyl halides is 1. The molecule has 0 aliphatic rings. The smallest absolute Gasteiger partial charge is 0.127 e. The van der Waals surface area contributed by atoms with Gasteiger partial charge in [-0.25, -0.2) is 4.39 Å². The first-order chi connectivity index (χ1) is 5.25. The van der Waals surface area contributed by atoms with Gasteiger partial charge in [0.2, 0.25) is 0 Å². The van der Waals surface area contributed by atoms with Gasteiger partial charge >= 0.3 is 0 Å². The zero-order valence-corrected chi connectivity index (χ0v) is 8.95. The molecule has 0 saturated heterocycles. The Morgan fingerprint density at radius 1 is 1.36 bits per heavy atom. The summed E-state index contributed by atoms with van der Waals surface area (Å²) < 4.78 is 13.8. The number of halogens is 3. The zero-order valence-electron chi connectivity index (χ0n) is 5.78. The lowest BCUT2D eigenvalue weighted by atomic mass is 10.2. The molecule has 0 bridgehead atoms. The minimum atomic E-state index is -0.140. The zero-order chi connectivity index (χ0) is 8.27. The van der Waals surface area contributed by atoms with Crippen LogP contribution in [0.3, 0.4) is 0 Å². The Kier molecular flexibility index (Phi) is 3.52. The van der Waals surface area contributed by atoms with Gasteiger partial charge in [0, 0.05) is 15.4 Å². The number of hydrogen-bond donors (Lipinski definition) is 0. The molecule has 0 saturated carbocycles. The van der Waals surface area contributed by atoms with Crippen LogP contribution in [0.5, 0.6) is 0 Å². The summed E-state index contributed by atoms with van der Waals surface area (Å²) in [6, 6.07) is 5.01. The van der Waals surface area contributed by atoms with Gasteiger partial charge < -0.3 is 0 Å². The molecule has 60 valence electrons. The van der Waals surface area contributed by atoms with Crippen molar-refractivity contribution in [3.8, 4) is 0 Å². The van der Waals surface area contributed by atoms with Gasteiger partial charge in [0.25, 0.3) is 0 Å². The molecule has 0 heterocycles. The molecule has 0 fully saturated rings. The molecule has 0 N–H and O–H groups in total. The summed E-state index contributed by atoms with van der Waals surface area (Å²) in [7, 11) is 0. The fourth-order valence-electron chi connectivity index (χ4n) is 0.866. The SMILES string of the molecule is Fc1cccc(Br)c1CCBr. The van der Waals surface area contributed by atoms with E-state index < -0.39 is 0 Å². The normalized spacial score (nSPS) is 10.1. The van der Waals surface area contributed by atoms with Crippen molar-refractivity contribution in [3.05, 3.63) is 34.1 Å². The van der Waals surface area contributed by atoms with Crippen LogP contribution < -0.4 is 0 Å². The second-order valence-electron chi connectivity index (χ2n) is 2.14. The second-order valence-corrected chi connectivity index (χ2v) is 3.79. The van der Waals surface area contributed by atoms with Gasteiger partial charge in [-0.3, -0.25) is 0 Å². The number of rotatable bonds is 2. The maximum absolute atomic E-state index is 13.0. The molecule has 0 spiro atoms. The van der Waals surface area contributed by atoms with Gasteiger partial charge in [0.05, 0.1) is 0 Å². The minimum Gasteiger partial charge on any atom is -0.207 e. The molecule has 0 nitrogen and oxygen atoms in total. The van der Waals surface area contributed by atoms with Crippen molar-refractivity contribution >= 4 is 31.9 Å². The third kappa shape index (κ3) is 2.27. The van der Waals surface area contributed by atoms with Crippen LogP contribution in [0.2, 0.25) is 0 Å². The topological polar surface area (TPSA) is 0 Å². The van der Waals surface area contributed by atoms with Gasteiger partial charge in [-0.15, -0.1) is 0 Å². The quantitative estimate of drug-likeness (QED) is 0.728. The van der Waals surface area contributed by atoms with Gasteiger partial charge in [-0.05, 0) is 18.6 Å². The molecular weight excluding hydrogens is 275 g/mol. The van der Waals surface area contributed by atoms with Crippen LogP contribution in [-0.4, -0.2) is 5.33 Å². The van der Waals surface area contributed by atoms with E-state index >= 15 is 0 Å². The summed E-state index contributed by atoms with van der Waals surface area (Å²) in [5.41, 5.74) is 0.740. The highest BCUT2D eigenvalue weighted by Crippen LogP contribution is 2.20. The van der Waals surface area contributed by atoms with Gasteiger partial charge in [0.15, 0.2) is 0 Å². The molecule has 1 rings (SSSR count). The lowest BCUT2D eigenvalue weighted by Crippen LogP contribution is -1.92. The Morgan fingerprint density at radius 3 is 2.64 bits per heavy atom. The first-order valence-corrected chi connectivity index (χ1v) is 5.16. The van der Waals surface area contributed by atoms with Crippen molar-refractivity contribution in [1.29, 1.82) is 0 Å². The maximum Gasteiger partial charge on any atom is 0.127 e. The van der Waals surface area contributed by atoms with E-state index in [2.05, 4.69) is 31.9 Å². The van der Waals surface area contributed by atoms with Crippen LogP contribution in [-0.2, 0) is 6.42 Å². The first kappa shape index (κ1) is 9.20. The van der Waals surface area contributed by atoms with E-state index in [0.717, 1.165) is 15.4 Å². The minimum absolute atomic E-state index is 0.140. The molecule has 0 amide bonds. The van der Waals surface area contributed by atoms with Crippen LogP contribution in [0.25, 0.3) is 0 Å². The van der Waals surface area contributed by atoms with E-state index in [4.69, 9.17) is 0 Å². The van der Waals surface area contributed by atoms with Crippen LogP contribution in [0, 0.1) is 5.82 Å². The Hall–Kier alpha value is 0.110. The van der Waals surface area contributed by atoms with Crippen LogP contribution in [0.15, 0.2) is 22.7 Å². The number of hydrogen-bond acceptors (Lipinski definition) is 0. The Balaban J connectivity index is 3.00. The van der Waals surface area contributed by atoms with E-state index in [1.165, 1.54) is 6.07 Å². The fraction of sp³-hybridized carbons (Fsp3) is 0.250. The molecule has 1 aromatic rings. The third-order valence-electron chi connectivity index (χ3n) is 1.41. The average Bonchev–Trinajstić information content (AvgIpc) is 1.97. The number of benzene rings is 1. The standard InChI is InChI=1S/C8H7Br2F/c9-5-4-6-7(10)2-1-3-8(6)11/h1-3H,4-5H2. The lowest BCUT2D eigenvalue weighted by Gasteiger charge is -2.02. The molecule has 0 radical (unpaired) electrons. The van der Waals surface area contributed by atoms with E-state index in [1.54, 1.807) is 6.07 Å². The van der Waals surface area contributed by atoms with E-state index in [9.17, 15) is 4.39 Å². The summed E-state index contributed by atoms with van der Waals surface area (Å²) in [6.45, 7) is 0. The molecule has 0 aliphatic heterocycles. The fourth-order valence-corrected chi connectivity index (χ4v) is 1.80. The molecule has 0 atom stereocenters. The molecule has 0 unspecified atom stereocenters. The van der Waals surface area contributed by atoms with Crippen molar-refractivity contribution in [2.45, 2.75) is 6.42 Å². The maximum atomic E-state index is 13.0. The Labute approximate surface area is 82.1 Å². The monoisotopic (exact) mass is 280 g/mol. The molecule has 0 aromatic heterocycles. The average molecular weight is 282 g/mol. The molecule has 1 aromatic carbocycles. The highest BCUT2D eigenvalue weighted by Gasteiger charge is 2.03. The highest BCUT2D eigenvalue weighted by molar-refractivity contribution is 9.10. The Morgan fingerprint density at radius 2 is 2.09 bits per heavy atom. The molecular formula is C8H7Br2F. The second kappa shape index (κ2) is 4.21. The molecule has 11 heavy (non-hydrogen) atoms. The largest absolute Gasteiger partial charge is 0.207 e. The predicted octanol–water partition coefficient (Wildman–Crippen LogP) is 3.53. The summed E-state index contributed by atoms with van der Waals surface area (Å²) in [6.07, 6.45) is 0.716. The van der Waals surface area contributed by atoms with E-state index in [-0.39, 0.29) is 5.82 Å². The van der Waals surface area contributed by atoms with Crippen molar-refractivity contribution in [2.24, 2.45) is 0 Å². The van der Waals surface area contributed by atoms with Crippen molar-refractivity contribution < 1.29 is 4.39 Å². The highest BCUT2D eigenvalue weighted by atomic mass is 79.9. The predicted molar refractivity (Wildman–Crippen MR) is 51.6 cm³/mol. The van der Waals surface area contributed by atoms with Gasteiger partial charge in [-0.2, -0.15) is 0 Å².